The minimum atomic E-state index is 0.293. The predicted molar refractivity (Wildman–Crippen MR) is 59.7 cm³/mol. The van der Waals surface area contributed by atoms with Crippen LogP contribution in [-0.4, -0.2) is 24.2 Å². The summed E-state index contributed by atoms with van der Waals surface area (Å²) in [6, 6.07) is 0. The van der Waals surface area contributed by atoms with E-state index in [-0.39, 0.29) is 0 Å². The van der Waals surface area contributed by atoms with Gasteiger partial charge in [0.1, 0.15) is 0 Å². The first-order chi connectivity index (χ1) is 7.20. The van der Waals surface area contributed by atoms with E-state index in [2.05, 4.69) is 9.72 Å². The van der Waals surface area contributed by atoms with Crippen molar-refractivity contribution in [1.82, 2.24) is 4.98 Å². The molecule has 0 bridgehead atoms. The molecule has 0 spiro atoms. The van der Waals surface area contributed by atoms with Crippen molar-refractivity contribution in [3.05, 3.63) is 16.6 Å². The summed E-state index contributed by atoms with van der Waals surface area (Å²) in [7, 11) is 0. The standard InChI is InChI=1S/C7H11NOS.C3H6O2/c1-6(2)9-3-7-4-10-5-8-7;1-2-5-3-4/h4-6H,3H2,1-2H3;3H,2H2,1H3. The summed E-state index contributed by atoms with van der Waals surface area (Å²) in [6.45, 7) is 7.35. The summed E-state index contributed by atoms with van der Waals surface area (Å²) in [5, 5.41) is 2.00. The van der Waals surface area contributed by atoms with Gasteiger partial charge in [-0.05, 0) is 20.8 Å². The number of hydrogen-bond acceptors (Lipinski definition) is 5. The van der Waals surface area contributed by atoms with Crippen molar-refractivity contribution in [2.75, 3.05) is 6.61 Å². The van der Waals surface area contributed by atoms with Gasteiger partial charge in [0.05, 0.1) is 30.5 Å². The Kier molecular flexibility index (Phi) is 9.01. The average Bonchev–Trinajstić information content (AvgIpc) is 2.69. The van der Waals surface area contributed by atoms with Gasteiger partial charge in [0.25, 0.3) is 6.47 Å². The predicted octanol–water partition coefficient (Wildman–Crippen LogP) is 2.25. The highest BCUT2D eigenvalue weighted by Gasteiger charge is 1.96. The van der Waals surface area contributed by atoms with Gasteiger partial charge >= 0.3 is 0 Å². The monoisotopic (exact) mass is 231 g/mol. The normalized spacial score (nSPS) is 9.33. The average molecular weight is 231 g/mol. The van der Waals surface area contributed by atoms with Gasteiger partial charge in [0, 0.05) is 5.38 Å². The van der Waals surface area contributed by atoms with Gasteiger partial charge in [-0.15, -0.1) is 11.3 Å². The van der Waals surface area contributed by atoms with E-state index < -0.39 is 0 Å². The molecule has 0 saturated heterocycles. The Balaban J connectivity index is 0.000000336. The molecule has 1 aromatic heterocycles. The molecule has 4 nitrogen and oxygen atoms in total. The third kappa shape index (κ3) is 9.37. The van der Waals surface area contributed by atoms with E-state index in [9.17, 15) is 4.79 Å². The fourth-order valence-corrected chi connectivity index (χ4v) is 1.17. The molecule has 0 aromatic carbocycles. The summed E-state index contributed by atoms with van der Waals surface area (Å²) in [6.07, 6.45) is 0.293. The van der Waals surface area contributed by atoms with Crippen LogP contribution in [-0.2, 0) is 20.9 Å². The SMILES string of the molecule is CC(C)OCc1cscn1.CCOC=O. The van der Waals surface area contributed by atoms with E-state index in [1.807, 2.05) is 24.7 Å². The number of carbonyl (C=O) groups excluding carboxylic acids is 1. The number of hydrogen-bond donors (Lipinski definition) is 0. The summed E-state index contributed by atoms with van der Waals surface area (Å²) < 4.78 is 9.48. The number of rotatable bonds is 5. The van der Waals surface area contributed by atoms with E-state index in [4.69, 9.17) is 4.74 Å². The summed E-state index contributed by atoms with van der Waals surface area (Å²) >= 11 is 1.60. The van der Waals surface area contributed by atoms with Gasteiger partial charge in [-0.2, -0.15) is 0 Å². The first-order valence-electron chi connectivity index (χ1n) is 4.74. The summed E-state index contributed by atoms with van der Waals surface area (Å²) in [5.41, 5.74) is 2.85. The van der Waals surface area contributed by atoms with Gasteiger partial charge in [0.2, 0.25) is 0 Å². The molecule has 0 unspecified atom stereocenters. The molecule has 0 aliphatic heterocycles. The van der Waals surface area contributed by atoms with E-state index >= 15 is 0 Å². The molecule has 5 heteroatoms. The first kappa shape index (κ1) is 14.1. The number of thiazole rings is 1. The van der Waals surface area contributed by atoms with Crippen molar-refractivity contribution in [2.45, 2.75) is 33.5 Å². The van der Waals surface area contributed by atoms with E-state index in [1.165, 1.54) is 0 Å². The lowest BCUT2D eigenvalue weighted by Crippen LogP contribution is -2.01. The molecule has 0 saturated carbocycles. The Morgan fingerprint density at radius 2 is 2.33 bits per heavy atom. The van der Waals surface area contributed by atoms with Gasteiger partial charge in [-0.1, -0.05) is 0 Å². The van der Waals surface area contributed by atoms with E-state index in [1.54, 1.807) is 18.3 Å². The molecule has 1 aromatic rings. The maximum absolute atomic E-state index is 9.18. The second-order valence-electron chi connectivity index (χ2n) is 2.89. The summed E-state index contributed by atoms with van der Waals surface area (Å²) in [4.78, 5) is 13.3. The van der Waals surface area contributed by atoms with Crippen LogP contribution in [0.2, 0.25) is 0 Å². The highest BCUT2D eigenvalue weighted by molar-refractivity contribution is 7.07. The lowest BCUT2D eigenvalue weighted by molar-refractivity contribution is -0.128. The molecule has 0 amide bonds. The zero-order valence-electron chi connectivity index (χ0n) is 9.30. The maximum atomic E-state index is 9.18. The Labute approximate surface area is 94.2 Å². The minimum absolute atomic E-state index is 0.293. The van der Waals surface area contributed by atoms with Crippen LogP contribution in [0.4, 0.5) is 0 Å². The third-order valence-electron chi connectivity index (χ3n) is 1.28. The smallest absolute Gasteiger partial charge is 0.293 e. The van der Waals surface area contributed by atoms with E-state index in [0.29, 0.717) is 25.8 Å². The maximum Gasteiger partial charge on any atom is 0.293 e. The van der Waals surface area contributed by atoms with Crippen LogP contribution in [0.15, 0.2) is 10.9 Å². The van der Waals surface area contributed by atoms with Crippen LogP contribution < -0.4 is 0 Å². The third-order valence-corrected chi connectivity index (χ3v) is 1.92. The molecule has 86 valence electrons. The molecule has 0 fully saturated rings. The zero-order chi connectivity index (χ0) is 11.5. The van der Waals surface area contributed by atoms with Gasteiger partial charge in [-0.3, -0.25) is 4.79 Å². The topological polar surface area (TPSA) is 48.4 Å². The van der Waals surface area contributed by atoms with Crippen molar-refractivity contribution in [2.24, 2.45) is 0 Å². The van der Waals surface area contributed by atoms with Crippen LogP contribution >= 0.6 is 11.3 Å². The lowest BCUT2D eigenvalue weighted by Gasteiger charge is -2.03. The van der Waals surface area contributed by atoms with Crippen LogP contribution in [0.3, 0.4) is 0 Å². The molecule has 0 N–H and O–H groups in total. The fourth-order valence-electron chi connectivity index (χ4n) is 0.629. The molecule has 0 radical (unpaired) electrons. The first-order valence-corrected chi connectivity index (χ1v) is 5.68. The van der Waals surface area contributed by atoms with Crippen molar-refractivity contribution >= 4 is 17.8 Å². The number of ether oxygens (including phenoxy) is 2. The Morgan fingerprint density at radius 1 is 1.60 bits per heavy atom. The Bertz CT molecular complexity index is 237. The van der Waals surface area contributed by atoms with Crippen LogP contribution in [0, 0.1) is 0 Å². The molecule has 15 heavy (non-hydrogen) atoms. The van der Waals surface area contributed by atoms with Crippen LogP contribution in [0.5, 0.6) is 0 Å². The molecule has 0 aliphatic carbocycles. The molecule has 1 rings (SSSR count). The molecule has 1 heterocycles. The molecular formula is C10H17NO3S. The van der Waals surface area contributed by atoms with Gasteiger partial charge in [-0.25, -0.2) is 4.98 Å². The van der Waals surface area contributed by atoms with Crippen molar-refractivity contribution in [1.29, 1.82) is 0 Å². The van der Waals surface area contributed by atoms with Crippen molar-refractivity contribution in [3.63, 3.8) is 0 Å². The Hall–Kier alpha value is -0.940. The second-order valence-corrected chi connectivity index (χ2v) is 3.61. The molecule has 0 atom stereocenters. The van der Waals surface area contributed by atoms with Crippen molar-refractivity contribution in [3.8, 4) is 0 Å². The van der Waals surface area contributed by atoms with Crippen LogP contribution in [0.25, 0.3) is 0 Å². The lowest BCUT2D eigenvalue weighted by atomic mass is 10.4. The fraction of sp³-hybridized carbons (Fsp3) is 0.600. The zero-order valence-corrected chi connectivity index (χ0v) is 10.1. The second kappa shape index (κ2) is 9.61. The van der Waals surface area contributed by atoms with E-state index in [0.717, 1.165) is 5.69 Å². The Morgan fingerprint density at radius 3 is 2.67 bits per heavy atom. The number of nitrogens with zero attached hydrogens (tertiary/aromatic N) is 1. The highest BCUT2D eigenvalue weighted by atomic mass is 32.1. The largest absolute Gasteiger partial charge is 0.468 e. The number of carbonyl (C=O) groups is 1. The molecule has 0 aliphatic rings. The van der Waals surface area contributed by atoms with Gasteiger partial charge < -0.3 is 9.47 Å². The number of aromatic nitrogens is 1. The molecular weight excluding hydrogens is 214 g/mol. The van der Waals surface area contributed by atoms with Gasteiger partial charge in [0.15, 0.2) is 0 Å². The highest BCUT2D eigenvalue weighted by Crippen LogP contribution is 2.03. The minimum Gasteiger partial charge on any atom is -0.468 e. The quantitative estimate of drug-likeness (QED) is 0.729. The van der Waals surface area contributed by atoms with Crippen LogP contribution in [0.1, 0.15) is 26.5 Å². The van der Waals surface area contributed by atoms with Crippen molar-refractivity contribution < 1.29 is 14.3 Å². The summed E-state index contributed by atoms with van der Waals surface area (Å²) in [5.74, 6) is 0.